The Balaban J connectivity index is 2.99. The van der Waals surface area contributed by atoms with Crippen LogP contribution < -0.4 is 5.73 Å². The SMILES string of the molecule is CC(C)C1(C)C=CC=C(C(C)(C)CC(C)(C)N)C=C1. The molecule has 0 aromatic heterocycles. The van der Waals surface area contributed by atoms with Crippen molar-refractivity contribution < 1.29 is 0 Å². The maximum atomic E-state index is 6.20. The van der Waals surface area contributed by atoms with E-state index in [-0.39, 0.29) is 16.4 Å². The van der Waals surface area contributed by atoms with Gasteiger partial charge in [-0.15, -0.1) is 0 Å². The fourth-order valence-electron chi connectivity index (χ4n) is 2.82. The van der Waals surface area contributed by atoms with E-state index in [9.17, 15) is 0 Å². The molecule has 0 amide bonds. The summed E-state index contributed by atoms with van der Waals surface area (Å²) in [6, 6.07) is 0. The van der Waals surface area contributed by atoms with Crippen molar-refractivity contribution in [3.63, 3.8) is 0 Å². The summed E-state index contributed by atoms with van der Waals surface area (Å²) in [6.07, 6.45) is 12.4. The van der Waals surface area contributed by atoms with Gasteiger partial charge in [-0.25, -0.2) is 0 Å². The molecule has 0 saturated heterocycles. The van der Waals surface area contributed by atoms with Crippen LogP contribution in [-0.2, 0) is 0 Å². The van der Waals surface area contributed by atoms with E-state index in [1.807, 2.05) is 0 Å². The fourth-order valence-corrected chi connectivity index (χ4v) is 2.82. The zero-order valence-corrected chi connectivity index (χ0v) is 13.7. The summed E-state index contributed by atoms with van der Waals surface area (Å²) in [4.78, 5) is 0. The maximum absolute atomic E-state index is 6.20. The summed E-state index contributed by atoms with van der Waals surface area (Å²) in [5, 5.41) is 0. The number of hydrogen-bond acceptors (Lipinski definition) is 1. The van der Waals surface area contributed by atoms with Gasteiger partial charge in [0.05, 0.1) is 0 Å². The van der Waals surface area contributed by atoms with E-state index >= 15 is 0 Å². The van der Waals surface area contributed by atoms with Crippen LogP contribution in [0.3, 0.4) is 0 Å². The lowest BCUT2D eigenvalue weighted by Crippen LogP contribution is -2.37. The summed E-state index contributed by atoms with van der Waals surface area (Å²) < 4.78 is 0. The van der Waals surface area contributed by atoms with E-state index in [4.69, 9.17) is 5.73 Å². The van der Waals surface area contributed by atoms with Crippen molar-refractivity contribution in [2.75, 3.05) is 0 Å². The minimum atomic E-state index is -0.143. The molecule has 1 aliphatic rings. The van der Waals surface area contributed by atoms with Gasteiger partial charge in [0.2, 0.25) is 0 Å². The highest BCUT2D eigenvalue weighted by Crippen LogP contribution is 2.39. The molecule has 0 radical (unpaired) electrons. The van der Waals surface area contributed by atoms with Crippen molar-refractivity contribution >= 4 is 0 Å². The Kier molecular flexibility index (Phi) is 4.51. The largest absolute Gasteiger partial charge is 0.326 e. The summed E-state index contributed by atoms with van der Waals surface area (Å²) in [6.45, 7) is 15.6. The molecule has 0 aromatic carbocycles. The highest BCUT2D eigenvalue weighted by atomic mass is 14.7. The standard InChI is InChI=1S/C18H31N/c1-14(2)18(7)11-8-9-15(10-12-18)16(3,4)13-17(5,6)19/h8-12,14H,13,19H2,1-7H3. The quantitative estimate of drug-likeness (QED) is 0.769. The molecule has 2 N–H and O–H groups in total. The average Bonchev–Trinajstić information content (AvgIpc) is 2.37. The average molecular weight is 261 g/mol. The Morgan fingerprint density at radius 2 is 1.74 bits per heavy atom. The first kappa shape index (κ1) is 16.2. The van der Waals surface area contributed by atoms with Gasteiger partial charge in [-0.3, -0.25) is 0 Å². The molecule has 1 atom stereocenters. The Hall–Kier alpha value is -0.820. The first-order valence-corrected chi connectivity index (χ1v) is 7.34. The zero-order valence-electron chi connectivity index (χ0n) is 13.7. The number of allylic oxidation sites excluding steroid dienone is 6. The molecule has 1 rings (SSSR count). The molecular weight excluding hydrogens is 230 g/mol. The van der Waals surface area contributed by atoms with Gasteiger partial charge in [0.1, 0.15) is 0 Å². The van der Waals surface area contributed by atoms with Gasteiger partial charge in [0.15, 0.2) is 0 Å². The molecule has 1 nitrogen and oxygen atoms in total. The third kappa shape index (κ3) is 4.35. The fraction of sp³-hybridized carbons (Fsp3) is 0.667. The van der Waals surface area contributed by atoms with Gasteiger partial charge in [0.25, 0.3) is 0 Å². The third-order valence-electron chi connectivity index (χ3n) is 4.28. The highest BCUT2D eigenvalue weighted by molar-refractivity contribution is 5.35. The normalized spacial score (nSPS) is 24.6. The minimum Gasteiger partial charge on any atom is -0.326 e. The first-order chi connectivity index (χ1) is 8.46. The van der Waals surface area contributed by atoms with E-state index in [0.717, 1.165) is 6.42 Å². The third-order valence-corrected chi connectivity index (χ3v) is 4.28. The topological polar surface area (TPSA) is 26.0 Å². The maximum Gasteiger partial charge on any atom is 0.0105 e. The van der Waals surface area contributed by atoms with Crippen LogP contribution in [0.15, 0.2) is 36.0 Å². The van der Waals surface area contributed by atoms with E-state index < -0.39 is 0 Å². The summed E-state index contributed by atoms with van der Waals surface area (Å²) in [7, 11) is 0. The van der Waals surface area contributed by atoms with Gasteiger partial charge in [-0.2, -0.15) is 0 Å². The molecule has 1 heteroatoms. The molecule has 0 saturated carbocycles. The molecular formula is C18H31N. The number of nitrogens with two attached hydrogens (primary N) is 1. The van der Waals surface area contributed by atoms with Gasteiger partial charge < -0.3 is 5.73 Å². The molecule has 19 heavy (non-hydrogen) atoms. The lowest BCUT2D eigenvalue weighted by molar-refractivity contribution is 0.311. The second-order valence-corrected chi connectivity index (χ2v) is 7.88. The van der Waals surface area contributed by atoms with Gasteiger partial charge >= 0.3 is 0 Å². The van der Waals surface area contributed by atoms with Crippen molar-refractivity contribution in [3.05, 3.63) is 36.0 Å². The minimum absolute atomic E-state index is 0.0985. The molecule has 1 aliphatic carbocycles. The van der Waals surface area contributed by atoms with Crippen LogP contribution in [0.4, 0.5) is 0 Å². The van der Waals surface area contributed by atoms with Crippen molar-refractivity contribution in [1.29, 1.82) is 0 Å². The van der Waals surface area contributed by atoms with Gasteiger partial charge in [-0.1, -0.05) is 65.0 Å². The molecule has 0 bridgehead atoms. The van der Waals surface area contributed by atoms with E-state index in [2.05, 4.69) is 78.8 Å². The van der Waals surface area contributed by atoms with Crippen LogP contribution in [0.2, 0.25) is 0 Å². The van der Waals surface area contributed by atoms with Crippen molar-refractivity contribution in [3.8, 4) is 0 Å². The predicted molar refractivity (Wildman–Crippen MR) is 86.0 cm³/mol. The smallest absolute Gasteiger partial charge is 0.0105 e. The molecule has 1 unspecified atom stereocenters. The molecule has 0 aliphatic heterocycles. The van der Waals surface area contributed by atoms with Crippen molar-refractivity contribution in [2.24, 2.45) is 22.5 Å². The van der Waals surface area contributed by atoms with Crippen LogP contribution in [-0.4, -0.2) is 5.54 Å². The molecule has 0 heterocycles. The highest BCUT2D eigenvalue weighted by Gasteiger charge is 2.30. The number of hydrogen-bond donors (Lipinski definition) is 1. The van der Waals surface area contributed by atoms with Crippen LogP contribution in [0.5, 0.6) is 0 Å². The zero-order chi connectivity index (χ0) is 14.9. The monoisotopic (exact) mass is 261 g/mol. The van der Waals surface area contributed by atoms with Crippen LogP contribution in [0.25, 0.3) is 0 Å². The first-order valence-electron chi connectivity index (χ1n) is 7.34. The van der Waals surface area contributed by atoms with Gasteiger partial charge in [0, 0.05) is 11.0 Å². The second-order valence-electron chi connectivity index (χ2n) is 7.88. The van der Waals surface area contributed by atoms with Crippen LogP contribution in [0.1, 0.15) is 54.9 Å². The molecule has 108 valence electrons. The van der Waals surface area contributed by atoms with E-state index in [0.29, 0.717) is 5.92 Å². The Labute approximate surface area is 119 Å². The summed E-state index contributed by atoms with van der Waals surface area (Å²) >= 11 is 0. The number of rotatable bonds is 4. The van der Waals surface area contributed by atoms with Crippen LogP contribution in [0, 0.1) is 16.7 Å². The van der Waals surface area contributed by atoms with Crippen LogP contribution >= 0.6 is 0 Å². The molecule has 0 aromatic rings. The summed E-state index contributed by atoms with van der Waals surface area (Å²) in [5.74, 6) is 0.599. The van der Waals surface area contributed by atoms with Crippen molar-refractivity contribution in [1.82, 2.24) is 0 Å². The predicted octanol–water partition coefficient (Wildman–Crippen LogP) is 4.85. The van der Waals surface area contributed by atoms with E-state index in [1.165, 1.54) is 5.57 Å². The van der Waals surface area contributed by atoms with E-state index in [1.54, 1.807) is 0 Å². The Morgan fingerprint density at radius 1 is 1.16 bits per heavy atom. The molecule has 0 spiro atoms. The van der Waals surface area contributed by atoms with Crippen molar-refractivity contribution in [2.45, 2.75) is 60.4 Å². The summed E-state index contributed by atoms with van der Waals surface area (Å²) in [5.41, 5.74) is 7.67. The molecule has 0 fully saturated rings. The van der Waals surface area contributed by atoms with Gasteiger partial charge in [-0.05, 0) is 37.2 Å². The lowest BCUT2D eigenvalue weighted by Gasteiger charge is -2.33. The lowest BCUT2D eigenvalue weighted by atomic mass is 9.74. The Bertz CT molecular complexity index is 402. The Morgan fingerprint density at radius 3 is 2.21 bits per heavy atom. The second kappa shape index (κ2) is 5.28.